The lowest BCUT2D eigenvalue weighted by atomic mass is 10.2. The molecule has 1 aromatic rings. The van der Waals surface area contributed by atoms with Crippen molar-refractivity contribution in [3.05, 3.63) is 23.8 Å². The van der Waals surface area contributed by atoms with E-state index < -0.39 is 22.2 Å². The van der Waals surface area contributed by atoms with Gasteiger partial charge >= 0.3 is 0 Å². The van der Waals surface area contributed by atoms with Crippen LogP contribution < -0.4 is 5.73 Å². The maximum atomic E-state index is 12.6. The zero-order valence-electron chi connectivity index (χ0n) is 8.17. The zero-order chi connectivity index (χ0) is 11.6. The molecule has 0 aliphatic carbocycles. The van der Waals surface area contributed by atoms with Gasteiger partial charge in [-0.2, -0.15) is 0 Å². The quantitative estimate of drug-likeness (QED) is 0.660. The number of nitrogen functional groups attached to an aromatic ring is 1. The molecule has 0 aliphatic rings. The van der Waals surface area contributed by atoms with Crippen molar-refractivity contribution in [3.8, 4) is 0 Å². The molecule has 0 bridgehead atoms. The van der Waals surface area contributed by atoms with Gasteiger partial charge in [-0.3, -0.25) is 4.21 Å². The summed E-state index contributed by atoms with van der Waals surface area (Å²) in [4.78, 5) is 0.372. The third-order valence-electron chi connectivity index (χ3n) is 1.78. The SMILES string of the molecule is Cc1ccc(N)cc1S(=O)CC(F)(F)P. The zero-order valence-corrected chi connectivity index (χ0v) is 10.1. The van der Waals surface area contributed by atoms with Crippen molar-refractivity contribution in [1.82, 2.24) is 0 Å². The lowest BCUT2D eigenvalue weighted by Gasteiger charge is -2.11. The molecule has 2 N–H and O–H groups in total. The van der Waals surface area contributed by atoms with Crippen LogP contribution in [0.1, 0.15) is 5.56 Å². The van der Waals surface area contributed by atoms with Crippen LogP contribution in [-0.4, -0.2) is 15.6 Å². The summed E-state index contributed by atoms with van der Waals surface area (Å²) in [6.45, 7) is 1.72. The number of benzene rings is 1. The van der Waals surface area contributed by atoms with Crippen LogP contribution in [0.3, 0.4) is 0 Å². The predicted octanol–water partition coefficient (Wildman–Crippen LogP) is 2.15. The normalized spacial score (nSPS) is 13.9. The lowest BCUT2D eigenvalue weighted by molar-refractivity contribution is 0.132. The van der Waals surface area contributed by atoms with Crippen molar-refractivity contribution < 1.29 is 13.0 Å². The van der Waals surface area contributed by atoms with E-state index >= 15 is 0 Å². The highest BCUT2D eigenvalue weighted by Gasteiger charge is 2.26. The van der Waals surface area contributed by atoms with Gasteiger partial charge in [0, 0.05) is 10.6 Å². The minimum atomic E-state index is -3.01. The summed E-state index contributed by atoms with van der Waals surface area (Å²) >= 11 is 0. The van der Waals surface area contributed by atoms with Crippen LogP contribution in [0, 0.1) is 6.92 Å². The average Bonchev–Trinajstić information content (AvgIpc) is 2.06. The van der Waals surface area contributed by atoms with E-state index in [9.17, 15) is 13.0 Å². The molecule has 15 heavy (non-hydrogen) atoms. The summed E-state index contributed by atoms with van der Waals surface area (Å²) in [5.74, 6) is -0.706. The number of halogens is 2. The van der Waals surface area contributed by atoms with Crippen LogP contribution in [0.25, 0.3) is 0 Å². The van der Waals surface area contributed by atoms with Crippen molar-refractivity contribution >= 4 is 25.7 Å². The first-order chi connectivity index (χ1) is 6.79. The lowest BCUT2D eigenvalue weighted by Crippen LogP contribution is -2.17. The first-order valence-electron chi connectivity index (χ1n) is 4.21. The van der Waals surface area contributed by atoms with Gasteiger partial charge in [-0.15, -0.1) is 0 Å². The van der Waals surface area contributed by atoms with Crippen LogP contribution in [0.5, 0.6) is 0 Å². The van der Waals surface area contributed by atoms with E-state index in [0.29, 0.717) is 16.1 Å². The molecular formula is C9H12F2NOPS. The molecular weight excluding hydrogens is 239 g/mol. The summed E-state index contributed by atoms with van der Waals surface area (Å²) in [7, 11) is -0.344. The Bertz CT molecular complexity index is 392. The summed E-state index contributed by atoms with van der Waals surface area (Å²) in [5.41, 5.74) is 3.62. The van der Waals surface area contributed by atoms with Crippen LogP contribution in [0.4, 0.5) is 14.5 Å². The van der Waals surface area contributed by atoms with E-state index in [1.54, 1.807) is 19.1 Å². The van der Waals surface area contributed by atoms with Gasteiger partial charge in [0.05, 0.1) is 16.6 Å². The molecule has 0 spiro atoms. The Balaban J connectivity index is 2.96. The topological polar surface area (TPSA) is 43.1 Å². The molecule has 2 unspecified atom stereocenters. The Hall–Kier alpha value is -0.540. The third kappa shape index (κ3) is 3.84. The van der Waals surface area contributed by atoms with Crippen LogP contribution in [0.2, 0.25) is 0 Å². The molecule has 0 aliphatic heterocycles. The van der Waals surface area contributed by atoms with E-state index in [0.717, 1.165) is 0 Å². The van der Waals surface area contributed by atoms with Crippen molar-refractivity contribution in [2.24, 2.45) is 0 Å². The van der Waals surface area contributed by atoms with E-state index in [1.165, 1.54) is 15.3 Å². The molecule has 0 radical (unpaired) electrons. The molecule has 1 aromatic carbocycles. The monoisotopic (exact) mass is 251 g/mol. The summed E-state index contributed by atoms with van der Waals surface area (Å²) in [6.07, 6.45) is 0. The predicted molar refractivity (Wildman–Crippen MR) is 61.5 cm³/mol. The molecule has 0 amide bonds. The number of rotatable bonds is 3. The standard InChI is InChI=1S/C9H12F2NOPS/c1-6-2-3-7(12)4-8(6)15(13)5-9(10,11)14/h2-4H,5,12,14H2,1H3. The van der Waals surface area contributed by atoms with E-state index in [-0.39, 0.29) is 0 Å². The minimum absolute atomic E-state index is 0.372. The highest BCUT2D eigenvalue weighted by molar-refractivity contribution is 7.85. The third-order valence-corrected chi connectivity index (χ3v) is 3.86. The molecule has 2 atom stereocenters. The molecule has 0 saturated carbocycles. The maximum absolute atomic E-state index is 12.6. The van der Waals surface area contributed by atoms with Crippen molar-refractivity contribution in [1.29, 1.82) is 0 Å². The minimum Gasteiger partial charge on any atom is -0.399 e. The molecule has 6 heteroatoms. The first-order valence-corrected chi connectivity index (χ1v) is 6.10. The Morgan fingerprint density at radius 3 is 2.67 bits per heavy atom. The molecule has 0 aromatic heterocycles. The molecule has 2 nitrogen and oxygen atoms in total. The number of hydrogen-bond donors (Lipinski definition) is 1. The van der Waals surface area contributed by atoms with Crippen LogP contribution >= 0.6 is 9.24 Å². The first kappa shape index (κ1) is 12.5. The van der Waals surface area contributed by atoms with E-state index in [2.05, 4.69) is 0 Å². The average molecular weight is 251 g/mol. The molecule has 0 heterocycles. The van der Waals surface area contributed by atoms with Crippen molar-refractivity contribution in [2.45, 2.75) is 17.5 Å². The fraction of sp³-hybridized carbons (Fsp3) is 0.333. The highest BCUT2D eigenvalue weighted by Crippen LogP contribution is 2.26. The second-order valence-corrected chi connectivity index (χ2v) is 5.54. The van der Waals surface area contributed by atoms with Gasteiger partial charge in [0.1, 0.15) is 0 Å². The van der Waals surface area contributed by atoms with E-state index in [1.807, 2.05) is 0 Å². The smallest absolute Gasteiger partial charge is 0.270 e. The largest absolute Gasteiger partial charge is 0.399 e. The van der Waals surface area contributed by atoms with Gasteiger partial charge in [0.2, 0.25) is 0 Å². The Morgan fingerprint density at radius 1 is 1.53 bits per heavy atom. The van der Waals surface area contributed by atoms with Gasteiger partial charge in [-0.1, -0.05) is 15.3 Å². The fourth-order valence-corrected chi connectivity index (χ4v) is 2.77. The molecule has 0 saturated heterocycles. The summed E-state index contributed by atoms with van der Waals surface area (Å²) < 4.78 is 36.9. The maximum Gasteiger partial charge on any atom is 0.270 e. The summed E-state index contributed by atoms with van der Waals surface area (Å²) in [6, 6.07) is 4.79. The van der Waals surface area contributed by atoms with Crippen LogP contribution in [-0.2, 0) is 10.8 Å². The van der Waals surface area contributed by atoms with Crippen molar-refractivity contribution in [2.75, 3.05) is 11.5 Å². The highest BCUT2D eigenvalue weighted by atomic mass is 32.2. The molecule has 1 rings (SSSR count). The van der Waals surface area contributed by atoms with Gasteiger partial charge in [-0.05, 0) is 24.6 Å². The number of aryl methyl sites for hydroxylation is 1. The summed E-state index contributed by atoms with van der Waals surface area (Å²) in [5, 5.41) is 0. The number of alkyl halides is 2. The van der Waals surface area contributed by atoms with Gasteiger partial charge < -0.3 is 5.73 Å². The van der Waals surface area contributed by atoms with Gasteiger partial charge in [0.15, 0.2) is 0 Å². The Morgan fingerprint density at radius 2 is 2.13 bits per heavy atom. The Kier molecular flexibility index (Phi) is 3.79. The Labute approximate surface area is 91.9 Å². The molecule has 84 valence electrons. The molecule has 0 fully saturated rings. The number of hydrogen-bond acceptors (Lipinski definition) is 2. The van der Waals surface area contributed by atoms with E-state index in [4.69, 9.17) is 5.73 Å². The van der Waals surface area contributed by atoms with Gasteiger partial charge in [0.25, 0.3) is 5.66 Å². The number of nitrogens with two attached hydrogens (primary N) is 1. The van der Waals surface area contributed by atoms with Crippen LogP contribution in [0.15, 0.2) is 23.1 Å². The fourth-order valence-electron chi connectivity index (χ4n) is 1.11. The van der Waals surface area contributed by atoms with Gasteiger partial charge in [-0.25, -0.2) is 8.78 Å². The number of anilines is 1. The van der Waals surface area contributed by atoms with Crippen molar-refractivity contribution in [3.63, 3.8) is 0 Å². The second kappa shape index (κ2) is 4.54. The second-order valence-electron chi connectivity index (χ2n) is 3.28.